The Morgan fingerprint density at radius 2 is 1.86 bits per heavy atom. The average molecular weight is 488 g/mol. The lowest BCUT2D eigenvalue weighted by molar-refractivity contribution is -0.274. The van der Waals surface area contributed by atoms with Crippen LogP contribution in [0.15, 0.2) is 54.7 Å². The van der Waals surface area contributed by atoms with E-state index in [4.69, 9.17) is 10.5 Å². The first-order valence-electron chi connectivity index (χ1n) is 10.7. The van der Waals surface area contributed by atoms with Gasteiger partial charge in [0.15, 0.2) is 5.75 Å². The molecule has 1 saturated heterocycles. The highest BCUT2D eigenvalue weighted by atomic mass is 19.4. The Morgan fingerprint density at radius 1 is 1.11 bits per heavy atom. The molecule has 1 aliphatic rings. The molecule has 0 aliphatic carbocycles. The topological polar surface area (TPSA) is 115 Å². The second-order valence-electron chi connectivity index (χ2n) is 7.55. The van der Waals surface area contributed by atoms with Crippen molar-refractivity contribution in [1.82, 2.24) is 9.97 Å². The molecule has 184 valence electrons. The van der Waals surface area contributed by atoms with Gasteiger partial charge in [0, 0.05) is 36.2 Å². The number of amides is 1. The van der Waals surface area contributed by atoms with E-state index in [1.54, 1.807) is 6.07 Å². The molecule has 1 aromatic heterocycles. The first-order chi connectivity index (χ1) is 16.8. The van der Waals surface area contributed by atoms with E-state index >= 15 is 0 Å². The molecule has 4 rings (SSSR count). The summed E-state index contributed by atoms with van der Waals surface area (Å²) in [6.07, 6.45) is -3.46. The highest BCUT2D eigenvalue weighted by molar-refractivity contribution is 5.94. The molecular formula is C23H23F3N6O3. The molecule has 1 amide bonds. The van der Waals surface area contributed by atoms with Gasteiger partial charge in [0.25, 0.3) is 0 Å². The van der Waals surface area contributed by atoms with Crippen molar-refractivity contribution in [2.45, 2.75) is 6.36 Å². The summed E-state index contributed by atoms with van der Waals surface area (Å²) in [5.74, 6) is -0.970. The van der Waals surface area contributed by atoms with Crippen LogP contribution in [0.5, 0.6) is 5.75 Å². The van der Waals surface area contributed by atoms with E-state index in [9.17, 15) is 18.0 Å². The maximum absolute atomic E-state index is 12.9. The maximum atomic E-state index is 12.9. The summed E-state index contributed by atoms with van der Waals surface area (Å²) in [4.78, 5) is 22.4. The summed E-state index contributed by atoms with van der Waals surface area (Å²) in [7, 11) is 0. The minimum atomic E-state index is -4.95. The average Bonchev–Trinajstić information content (AvgIpc) is 2.85. The number of hydrogen-bond donors (Lipinski definition) is 3. The monoisotopic (exact) mass is 488 g/mol. The Morgan fingerprint density at radius 3 is 2.54 bits per heavy atom. The molecule has 0 bridgehead atoms. The van der Waals surface area contributed by atoms with Crippen molar-refractivity contribution >= 4 is 28.9 Å². The molecule has 0 atom stereocenters. The third-order valence-corrected chi connectivity index (χ3v) is 5.12. The predicted molar refractivity (Wildman–Crippen MR) is 125 cm³/mol. The van der Waals surface area contributed by atoms with Crippen LogP contribution in [0.4, 0.5) is 36.2 Å². The molecule has 3 aromatic rings. The Kier molecular flexibility index (Phi) is 7.32. The highest BCUT2D eigenvalue weighted by Gasteiger charge is 2.32. The minimum absolute atomic E-state index is 0.158. The number of aromatic nitrogens is 2. The van der Waals surface area contributed by atoms with Gasteiger partial charge in [-0.25, -0.2) is 9.97 Å². The standard InChI is InChI=1S/C23H23F3N6O3/c24-23(25,26)35-20-13-15(1-6-19(20)30-21(33)14-27)18-7-8-28-22(31-18)29-16-2-4-17(5-3-16)32-9-11-34-12-10-32/h1-8,13H,9-12,14,27H2,(H,30,33)(H,28,29,31). The van der Waals surface area contributed by atoms with Gasteiger partial charge in [-0.2, -0.15) is 0 Å². The number of carbonyl (C=O) groups excluding carboxylic acids is 1. The van der Waals surface area contributed by atoms with Gasteiger partial charge >= 0.3 is 6.36 Å². The SMILES string of the molecule is NCC(=O)Nc1ccc(-c2ccnc(Nc3ccc(N4CCOCC4)cc3)n2)cc1OC(F)(F)F. The van der Waals surface area contributed by atoms with E-state index < -0.39 is 18.0 Å². The quantitative estimate of drug-likeness (QED) is 0.463. The van der Waals surface area contributed by atoms with Crippen LogP contribution in [0.2, 0.25) is 0 Å². The van der Waals surface area contributed by atoms with E-state index in [0.717, 1.165) is 30.5 Å². The lowest BCUT2D eigenvalue weighted by Crippen LogP contribution is -2.36. The molecule has 1 fully saturated rings. The first-order valence-corrected chi connectivity index (χ1v) is 10.7. The van der Waals surface area contributed by atoms with Crippen molar-refractivity contribution in [3.63, 3.8) is 0 Å². The maximum Gasteiger partial charge on any atom is 0.573 e. The Bertz CT molecular complexity index is 1170. The van der Waals surface area contributed by atoms with E-state index in [0.29, 0.717) is 24.5 Å². The van der Waals surface area contributed by atoms with Crippen LogP contribution in [0.3, 0.4) is 0 Å². The molecule has 0 spiro atoms. The minimum Gasteiger partial charge on any atom is -0.404 e. The number of nitrogens with one attached hydrogen (secondary N) is 2. The summed E-state index contributed by atoms with van der Waals surface area (Å²) in [5.41, 5.74) is 7.60. The number of hydrogen-bond acceptors (Lipinski definition) is 8. The van der Waals surface area contributed by atoms with Crippen molar-refractivity contribution in [3.05, 3.63) is 54.7 Å². The van der Waals surface area contributed by atoms with Crippen molar-refractivity contribution in [2.24, 2.45) is 5.73 Å². The van der Waals surface area contributed by atoms with Crippen molar-refractivity contribution in [3.8, 4) is 17.0 Å². The number of ether oxygens (including phenoxy) is 2. The molecule has 2 aromatic carbocycles. The number of nitrogens with zero attached hydrogens (tertiary/aromatic N) is 3. The number of nitrogens with two attached hydrogens (primary N) is 1. The fourth-order valence-electron chi connectivity index (χ4n) is 3.48. The van der Waals surface area contributed by atoms with Gasteiger partial charge in [0.2, 0.25) is 11.9 Å². The molecule has 35 heavy (non-hydrogen) atoms. The molecule has 4 N–H and O–H groups in total. The summed E-state index contributed by atoms with van der Waals surface area (Å²) >= 11 is 0. The third kappa shape index (κ3) is 6.58. The third-order valence-electron chi connectivity index (χ3n) is 5.12. The molecule has 0 unspecified atom stereocenters. The van der Waals surface area contributed by atoms with E-state index in [1.807, 2.05) is 24.3 Å². The van der Waals surface area contributed by atoms with Crippen molar-refractivity contribution < 1.29 is 27.4 Å². The molecule has 9 nitrogen and oxygen atoms in total. The molecule has 0 saturated carbocycles. The first kappa shape index (κ1) is 24.2. The van der Waals surface area contributed by atoms with Crippen LogP contribution in [0.1, 0.15) is 0 Å². The van der Waals surface area contributed by atoms with Gasteiger partial charge in [-0.3, -0.25) is 4.79 Å². The van der Waals surface area contributed by atoms with E-state index in [1.165, 1.54) is 18.3 Å². The zero-order chi connectivity index (χ0) is 24.8. The number of morpholine rings is 1. The van der Waals surface area contributed by atoms with Crippen LogP contribution >= 0.6 is 0 Å². The zero-order valence-corrected chi connectivity index (χ0v) is 18.5. The number of anilines is 4. The van der Waals surface area contributed by atoms with Gasteiger partial charge in [-0.05, 0) is 42.5 Å². The smallest absolute Gasteiger partial charge is 0.404 e. The van der Waals surface area contributed by atoms with Crippen LogP contribution in [-0.4, -0.2) is 55.1 Å². The fraction of sp³-hybridized carbons (Fsp3) is 0.261. The number of benzene rings is 2. The van der Waals surface area contributed by atoms with Crippen molar-refractivity contribution in [1.29, 1.82) is 0 Å². The van der Waals surface area contributed by atoms with Crippen molar-refractivity contribution in [2.75, 3.05) is 48.4 Å². The number of carbonyl (C=O) groups is 1. The normalized spacial score (nSPS) is 13.9. The van der Waals surface area contributed by atoms with Crippen LogP contribution in [-0.2, 0) is 9.53 Å². The fourth-order valence-corrected chi connectivity index (χ4v) is 3.48. The summed E-state index contributed by atoms with van der Waals surface area (Å²) in [6.45, 7) is 2.65. The van der Waals surface area contributed by atoms with Gasteiger partial charge in [-0.1, -0.05) is 6.07 Å². The largest absolute Gasteiger partial charge is 0.573 e. The molecular weight excluding hydrogens is 465 g/mol. The number of rotatable bonds is 7. The molecule has 0 radical (unpaired) electrons. The Balaban J connectivity index is 1.53. The second kappa shape index (κ2) is 10.6. The number of alkyl halides is 3. The van der Waals surface area contributed by atoms with Gasteiger partial charge in [-0.15, -0.1) is 13.2 Å². The summed E-state index contributed by atoms with van der Waals surface area (Å²) in [6, 6.07) is 13.2. The summed E-state index contributed by atoms with van der Waals surface area (Å²) < 4.78 is 48.2. The highest BCUT2D eigenvalue weighted by Crippen LogP contribution is 2.34. The molecule has 12 heteroatoms. The summed E-state index contributed by atoms with van der Waals surface area (Å²) in [5, 5.41) is 5.38. The predicted octanol–water partition coefficient (Wildman–Crippen LogP) is 3.52. The Hall–Kier alpha value is -3.90. The van der Waals surface area contributed by atoms with E-state index in [-0.39, 0.29) is 18.2 Å². The van der Waals surface area contributed by atoms with Gasteiger partial charge in [0.05, 0.1) is 31.1 Å². The lowest BCUT2D eigenvalue weighted by Gasteiger charge is -2.28. The molecule has 2 heterocycles. The Labute approximate surface area is 199 Å². The molecule has 1 aliphatic heterocycles. The van der Waals surface area contributed by atoms with E-state index in [2.05, 4.69) is 30.2 Å². The van der Waals surface area contributed by atoms with Gasteiger partial charge < -0.3 is 30.7 Å². The zero-order valence-electron chi connectivity index (χ0n) is 18.5. The van der Waals surface area contributed by atoms with Gasteiger partial charge in [0.1, 0.15) is 0 Å². The lowest BCUT2D eigenvalue weighted by atomic mass is 10.1. The second-order valence-corrected chi connectivity index (χ2v) is 7.55. The van der Waals surface area contributed by atoms with Crippen LogP contribution < -0.4 is 26.0 Å². The number of halogens is 3. The van der Waals surface area contributed by atoms with Crippen LogP contribution in [0, 0.1) is 0 Å². The van der Waals surface area contributed by atoms with Crippen LogP contribution in [0.25, 0.3) is 11.3 Å².